The number of carboxylic acids is 1. The zero-order valence-electron chi connectivity index (χ0n) is 9.89. The van der Waals surface area contributed by atoms with E-state index in [1.807, 2.05) is 0 Å². The lowest BCUT2D eigenvalue weighted by molar-refractivity contribution is -0.143. The van der Waals surface area contributed by atoms with E-state index in [2.05, 4.69) is 5.32 Å². The van der Waals surface area contributed by atoms with Gasteiger partial charge in [-0.15, -0.1) is 0 Å². The third kappa shape index (κ3) is 1.83. The molecule has 3 rings (SSSR count). The lowest BCUT2D eigenvalue weighted by Gasteiger charge is -2.52. The Bertz CT molecular complexity index is 355. The normalized spacial score (nSPS) is 43.2. The monoisotopic (exact) mass is 237 g/mol. The van der Waals surface area contributed by atoms with Gasteiger partial charge in [-0.25, -0.2) is 0 Å². The van der Waals surface area contributed by atoms with E-state index in [1.165, 1.54) is 12.8 Å². The van der Waals surface area contributed by atoms with Crippen molar-refractivity contribution in [2.45, 2.75) is 44.6 Å². The summed E-state index contributed by atoms with van der Waals surface area (Å²) in [6.45, 7) is 0. The number of rotatable bonds is 3. The molecule has 1 unspecified atom stereocenters. The van der Waals surface area contributed by atoms with Gasteiger partial charge in [-0.2, -0.15) is 0 Å². The smallest absolute Gasteiger partial charge is 0.306 e. The summed E-state index contributed by atoms with van der Waals surface area (Å²) in [6, 6.07) is 0.0997. The molecule has 0 heterocycles. The third-order valence-corrected chi connectivity index (χ3v) is 5.01. The van der Waals surface area contributed by atoms with Gasteiger partial charge < -0.3 is 10.4 Å². The molecule has 4 nitrogen and oxygen atoms in total. The van der Waals surface area contributed by atoms with Gasteiger partial charge in [0, 0.05) is 12.0 Å². The highest BCUT2D eigenvalue weighted by Gasteiger charge is 2.50. The Balaban J connectivity index is 1.48. The number of amides is 1. The lowest BCUT2D eigenvalue weighted by atomic mass is 9.53. The van der Waals surface area contributed by atoms with Crippen LogP contribution in [0.15, 0.2) is 0 Å². The summed E-state index contributed by atoms with van der Waals surface area (Å²) < 4.78 is 0. The maximum Gasteiger partial charge on any atom is 0.306 e. The molecular weight excluding hydrogens is 218 g/mol. The molecule has 17 heavy (non-hydrogen) atoms. The largest absolute Gasteiger partial charge is 0.481 e. The molecule has 3 aliphatic carbocycles. The van der Waals surface area contributed by atoms with Crippen LogP contribution in [0.3, 0.4) is 0 Å². The summed E-state index contributed by atoms with van der Waals surface area (Å²) in [6.07, 6.45) is 5.72. The first-order chi connectivity index (χ1) is 8.15. The van der Waals surface area contributed by atoms with Crippen LogP contribution in [-0.2, 0) is 9.59 Å². The number of nitrogens with one attached hydrogen (secondary N) is 1. The fourth-order valence-corrected chi connectivity index (χ4v) is 3.67. The van der Waals surface area contributed by atoms with Crippen molar-refractivity contribution < 1.29 is 14.7 Å². The van der Waals surface area contributed by atoms with E-state index >= 15 is 0 Å². The fraction of sp³-hybridized carbons (Fsp3) is 0.846. The number of hydrogen-bond donors (Lipinski definition) is 2. The minimum Gasteiger partial charge on any atom is -0.481 e. The van der Waals surface area contributed by atoms with Gasteiger partial charge in [-0.1, -0.05) is 0 Å². The summed E-state index contributed by atoms with van der Waals surface area (Å²) in [5.41, 5.74) is 0. The van der Waals surface area contributed by atoms with Gasteiger partial charge in [-0.3, -0.25) is 9.59 Å². The summed E-state index contributed by atoms with van der Waals surface area (Å²) in [5, 5.41) is 12.0. The van der Waals surface area contributed by atoms with Gasteiger partial charge in [0.2, 0.25) is 5.91 Å². The van der Waals surface area contributed by atoms with Crippen LogP contribution in [0.2, 0.25) is 0 Å². The number of fused-ring (bicyclic) bond motifs is 1. The molecule has 0 aliphatic heterocycles. The quantitative estimate of drug-likeness (QED) is 0.779. The van der Waals surface area contributed by atoms with E-state index in [4.69, 9.17) is 5.11 Å². The van der Waals surface area contributed by atoms with Crippen LogP contribution in [0.1, 0.15) is 38.5 Å². The van der Waals surface area contributed by atoms with Crippen molar-refractivity contribution in [3.63, 3.8) is 0 Å². The second-order valence-corrected chi connectivity index (χ2v) is 5.90. The molecule has 0 aromatic rings. The van der Waals surface area contributed by atoms with Crippen LogP contribution in [0.5, 0.6) is 0 Å². The third-order valence-electron chi connectivity index (χ3n) is 5.01. The molecule has 0 aromatic carbocycles. The Labute approximate surface area is 101 Å². The molecule has 1 amide bonds. The van der Waals surface area contributed by atoms with E-state index in [1.54, 1.807) is 0 Å². The lowest BCUT2D eigenvalue weighted by Crippen LogP contribution is -2.52. The molecule has 0 saturated heterocycles. The molecule has 0 radical (unpaired) electrons. The summed E-state index contributed by atoms with van der Waals surface area (Å²) in [7, 11) is 0. The van der Waals surface area contributed by atoms with E-state index in [0.29, 0.717) is 18.8 Å². The highest BCUT2D eigenvalue weighted by Crippen LogP contribution is 2.54. The number of aliphatic carboxylic acids is 1. The van der Waals surface area contributed by atoms with Crippen LogP contribution in [0, 0.1) is 23.7 Å². The van der Waals surface area contributed by atoms with Gasteiger partial charge in [0.25, 0.3) is 0 Å². The van der Waals surface area contributed by atoms with Crippen molar-refractivity contribution in [3.05, 3.63) is 0 Å². The molecule has 3 saturated carbocycles. The Morgan fingerprint density at radius 1 is 1.06 bits per heavy atom. The summed E-state index contributed by atoms with van der Waals surface area (Å²) >= 11 is 0. The van der Waals surface area contributed by atoms with Crippen LogP contribution in [0.4, 0.5) is 0 Å². The van der Waals surface area contributed by atoms with Crippen molar-refractivity contribution in [1.29, 1.82) is 0 Å². The molecule has 0 bridgehead atoms. The van der Waals surface area contributed by atoms with Crippen LogP contribution in [0.25, 0.3) is 0 Å². The molecule has 3 aliphatic rings. The second kappa shape index (κ2) is 4.00. The maximum atomic E-state index is 12.0. The van der Waals surface area contributed by atoms with Gasteiger partial charge in [0.05, 0.1) is 5.92 Å². The summed E-state index contributed by atoms with van der Waals surface area (Å²) in [5.74, 6) is 0.912. The van der Waals surface area contributed by atoms with Crippen molar-refractivity contribution in [3.8, 4) is 0 Å². The first-order valence-electron chi connectivity index (χ1n) is 6.68. The highest BCUT2D eigenvalue weighted by atomic mass is 16.4. The van der Waals surface area contributed by atoms with Crippen molar-refractivity contribution in [1.82, 2.24) is 5.32 Å². The predicted molar refractivity (Wildman–Crippen MR) is 61.2 cm³/mol. The van der Waals surface area contributed by atoms with Crippen molar-refractivity contribution in [2.24, 2.45) is 23.7 Å². The zero-order valence-corrected chi connectivity index (χ0v) is 9.89. The van der Waals surface area contributed by atoms with Gasteiger partial charge in [-0.05, 0) is 50.4 Å². The molecule has 4 heteroatoms. The van der Waals surface area contributed by atoms with E-state index in [9.17, 15) is 9.59 Å². The highest BCUT2D eigenvalue weighted by molar-refractivity contribution is 5.80. The Morgan fingerprint density at radius 2 is 1.88 bits per heavy atom. The minimum absolute atomic E-state index is 0.0997. The van der Waals surface area contributed by atoms with Gasteiger partial charge in [0.15, 0.2) is 0 Å². The predicted octanol–water partition coefficient (Wildman–Crippen LogP) is 1.40. The molecule has 5 atom stereocenters. The fourth-order valence-electron chi connectivity index (χ4n) is 3.67. The van der Waals surface area contributed by atoms with E-state index in [0.717, 1.165) is 18.8 Å². The van der Waals surface area contributed by atoms with E-state index in [-0.39, 0.29) is 23.8 Å². The van der Waals surface area contributed by atoms with Gasteiger partial charge in [0.1, 0.15) is 0 Å². The molecule has 3 fully saturated rings. The second-order valence-electron chi connectivity index (χ2n) is 5.90. The van der Waals surface area contributed by atoms with E-state index < -0.39 is 5.97 Å². The van der Waals surface area contributed by atoms with Gasteiger partial charge >= 0.3 is 5.97 Å². The average molecular weight is 237 g/mol. The van der Waals surface area contributed by atoms with Crippen LogP contribution < -0.4 is 5.32 Å². The average Bonchev–Trinajstić information content (AvgIpc) is 2.70. The first-order valence-corrected chi connectivity index (χ1v) is 6.68. The Hall–Kier alpha value is -1.06. The van der Waals surface area contributed by atoms with Crippen molar-refractivity contribution in [2.75, 3.05) is 0 Å². The molecule has 2 N–H and O–H groups in total. The molecule has 94 valence electrons. The zero-order chi connectivity index (χ0) is 12.0. The molecular formula is C13H19NO3. The number of carbonyl (C=O) groups excluding carboxylic acids is 1. The van der Waals surface area contributed by atoms with Crippen molar-refractivity contribution >= 4 is 11.9 Å². The first kappa shape index (κ1) is 11.1. The standard InChI is InChI=1S/C13H19NO3/c15-12(11-6-7-2-4-10(7)11)14-9-3-1-8(5-9)13(16)17/h7-11H,1-6H2,(H,14,15)(H,16,17)/t7-,8-,9+,10-,11?/m0/s1. The number of carbonyl (C=O) groups is 2. The molecule has 0 aromatic heterocycles. The Morgan fingerprint density at radius 3 is 2.35 bits per heavy atom. The Kier molecular flexibility index (Phi) is 2.60. The van der Waals surface area contributed by atoms with Crippen LogP contribution >= 0.6 is 0 Å². The SMILES string of the molecule is O=C(N[C@@H]1CC[C@H](C(=O)O)C1)C1C[C@@H]2CC[C@H]12. The topological polar surface area (TPSA) is 66.4 Å². The summed E-state index contributed by atoms with van der Waals surface area (Å²) in [4.78, 5) is 22.8. The maximum absolute atomic E-state index is 12.0. The molecule has 0 spiro atoms. The minimum atomic E-state index is -0.718. The number of carboxylic acid groups (broad SMARTS) is 1. The van der Waals surface area contributed by atoms with Crippen LogP contribution in [-0.4, -0.2) is 23.0 Å². The number of hydrogen-bond acceptors (Lipinski definition) is 2.